The van der Waals surface area contributed by atoms with Crippen molar-refractivity contribution < 1.29 is 18.4 Å². The van der Waals surface area contributed by atoms with Gasteiger partial charge in [-0.1, -0.05) is 217 Å². The third-order valence-corrected chi connectivity index (χ3v) is 38.8. The summed E-state index contributed by atoms with van der Waals surface area (Å²) in [6, 6.07) is 58.1. The van der Waals surface area contributed by atoms with E-state index in [1.165, 1.54) is 20.7 Å². The number of carbonyl (C=O) groups is 2. The van der Waals surface area contributed by atoms with E-state index in [1.807, 2.05) is 100 Å². The van der Waals surface area contributed by atoms with Gasteiger partial charge in [0, 0.05) is 11.1 Å². The van der Waals surface area contributed by atoms with Gasteiger partial charge in [0.25, 0.3) is 0 Å². The molecule has 60 heavy (non-hydrogen) atoms. The van der Waals surface area contributed by atoms with Crippen LogP contribution >= 0.6 is 0 Å². The van der Waals surface area contributed by atoms with Gasteiger partial charge in [0.05, 0.1) is 15.2 Å². The lowest BCUT2D eigenvalue weighted by atomic mass is 9.94. The maximum atomic E-state index is 14.4. The minimum absolute atomic E-state index is 0. The van der Waals surface area contributed by atoms with E-state index in [0.717, 1.165) is 11.1 Å². The average Bonchev–Trinajstić information content (AvgIpc) is 3.22. The number of hydrogen-bond donors (Lipinski definition) is 0. The number of ketones is 2. The first-order valence-electron chi connectivity index (χ1n) is 20.7. The molecule has 0 radical (unpaired) electrons. The van der Waals surface area contributed by atoms with Crippen molar-refractivity contribution in [3.63, 3.8) is 0 Å². The molecule has 0 fully saturated rings. The molecule has 0 aliphatic carbocycles. The number of carbonyl (C=O) groups excluding carboxylic acids is 2. The van der Waals surface area contributed by atoms with E-state index in [9.17, 15) is 9.59 Å². The van der Waals surface area contributed by atoms with Gasteiger partial charge in [-0.25, -0.2) is 0 Å². The normalized spacial score (nSPS) is 12.7. The molecule has 0 atom stereocenters. The fraction of sp³-hybridized carbons (Fsp3) is 0.269. The van der Waals surface area contributed by atoms with E-state index >= 15 is 0 Å². The summed E-state index contributed by atoms with van der Waals surface area (Å²) in [5, 5.41) is 4.80. The molecule has 0 saturated carbocycles. The smallest absolute Gasteiger partial charge is 0.241 e. The minimum atomic E-state index is -2.83. The molecule has 6 aromatic rings. The highest BCUT2D eigenvalue weighted by molar-refractivity contribution is 7.49. The summed E-state index contributed by atoms with van der Waals surface area (Å²) in [7, 11) is -9.77. The summed E-state index contributed by atoms with van der Waals surface area (Å²) >= 11 is 0. The van der Waals surface area contributed by atoms with Crippen molar-refractivity contribution in [1.29, 1.82) is 0 Å². The summed E-state index contributed by atoms with van der Waals surface area (Å²) in [4.78, 5) is 28.7. The summed E-state index contributed by atoms with van der Waals surface area (Å²) in [5.41, 5.74) is 1.31. The Balaban J connectivity index is 0.00000683. The SMILES string of the molecule is C.CC(C)(O[Si](c1ccccc1)(c1ccccc1)[Si](C)(C)C)C(=O)c1ccc(Cc2ccc(C(=O)C(C)(C)O[Si](c3ccccc3)(c3ccccc3)[Si](C)(C)C)cc2)cc1. The molecule has 0 aromatic heterocycles. The summed E-state index contributed by atoms with van der Waals surface area (Å²) in [5.74, 6) is -0.0565. The first kappa shape index (κ1) is 46.5. The highest BCUT2D eigenvalue weighted by Gasteiger charge is 2.56. The molecule has 0 amide bonds. The van der Waals surface area contributed by atoms with Crippen LogP contribution in [-0.4, -0.2) is 53.6 Å². The number of rotatable bonds is 16. The van der Waals surface area contributed by atoms with Crippen LogP contribution in [0.2, 0.25) is 39.3 Å². The fourth-order valence-corrected chi connectivity index (χ4v) is 34.0. The molecule has 0 aliphatic rings. The van der Waals surface area contributed by atoms with Gasteiger partial charge in [-0.3, -0.25) is 9.59 Å². The number of benzene rings is 6. The van der Waals surface area contributed by atoms with Crippen LogP contribution in [0.3, 0.4) is 0 Å². The first-order chi connectivity index (χ1) is 27.8. The molecule has 4 nitrogen and oxygen atoms in total. The lowest BCUT2D eigenvalue weighted by Gasteiger charge is -2.46. The largest absolute Gasteiger partial charge is 0.398 e. The van der Waals surface area contributed by atoms with Crippen molar-refractivity contribution in [1.82, 2.24) is 0 Å². The zero-order chi connectivity index (χ0) is 42.7. The second-order valence-corrected chi connectivity index (χ2v) is 46.4. The van der Waals surface area contributed by atoms with E-state index in [4.69, 9.17) is 8.85 Å². The van der Waals surface area contributed by atoms with Gasteiger partial charge in [0.2, 0.25) is 15.7 Å². The monoisotopic (exact) mass is 864 g/mol. The first-order valence-corrected chi connectivity index (χ1v) is 33.5. The van der Waals surface area contributed by atoms with E-state index in [-0.39, 0.29) is 19.0 Å². The molecule has 6 rings (SSSR count). The van der Waals surface area contributed by atoms with Crippen molar-refractivity contribution in [2.45, 2.75) is 92.0 Å². The zero-order valence-electron chi connectivity index (χ0n) is 36.5. The molecule has 6 aromatic carbocycles. The molecule has 0 unspecified atom stereocenters. The lowest BCUT2D eigenvalue weighted by molar-refractivity contribution is 0.0578. The van der Waals surface area contributed by atoms with Gasteiger partial charge >= 0.3 is 0 Å². The van der Waals surface area contributed by atoms with Gasteiger partial charge in [-0.15, -0.1) is 0 Å². The Morgan fingerprint density at radius 1 is 0.400 bits per heavy atom. The fourth-order valence-electron chi connectivity index (χ4n) is 8.64. The standard InChI is InChI=1S/C51H60O4Si4.CH4/c1-50(2,54-58(56(5,6)7,44-23-15-11-16-24-44)45-25-17-12-18-26-45)48(52)42-35-31-40(32-36-42)39-41-33-37-43(38-34-41)49(53)51(3,4)55-59(57(8,9)10,46-27-19-13-20-28-46)47-29-21-14-22-30-47;/h11-38H,39H2,1-10H3;1H4. The van der Waals surface area contributed by atoms with Crippen LogP contribution in [0, 0.1) is 0 Å². The van der Waals surface area contributed by atoms with E-state index in [1.54, 1.807) is 0 Å². The quantitative estimate of drug-likeness (QED) is 0.0719. The molecular formula is C52H64O4Si4. The molecule has 312 valence electrons. The second-order valence-electron chi connectivity index (χ2n) is 18.8. The molecule has 0 saturated heterocycles. The molecule has 0 bridgehead atoms. The van der Waals surface area contributed by atoms with Crippen LogP contribution < -0.4 is 20.7 Å². The van der Waals surface area contributed by atoms with E-state index in [0.29, 0.717) is 17.5 Å². The van der Waals surface area contributed by atoms with Crippen LogP contribution in [0.25, 0.3) is 0 Å². The Bertz CT molecular complexity index is 2080. The highest BCUT2D eigenvalue weighted by Crippen LogP contribution is 2.31. The van der Waals surface area contributed by atoms with E-state index in [2.05, 4.69) is 136 Å². The minimum Gasteiger partial charge on any atom is -0.398 e. The predicted molar refractivity (Wildman–Crippen MR) is 264 cm³/mol. The van der Waals surface area contributed by atoms with Crippen LogP contribution in [0.4, 0.5) is 0 Å². The topological polar surface area (TPSA) is 52.6 Å². The Hall–Kier alpha value is -4.55. The summed E-state index contributed by atoms with van der Waals surface area (Å²) in [6.07, 6.45) is 0.671. The van der Waals surface area contributed by atoms with Crippen molar-refractivity contribution >= 4 is 63.2 Å². The Morgan fingerprint density at radius 2 is 0.633 bits per heavy atom. The van der Waals surface area contributed by atoms with Crippen LogP contribution in [-0.2, 0) is 15.3 Å². The maximum Gasteiger partial charge on any atom is 0.241 e. The van der Waals surface area contributed by atoms with Gasteiger partial charge in [-0.05, 0) is 66.0 Å². The van der Waals surface area contributed by atoms with Crippen molar-refractivity contribution in [2.75, 3.05) is 0 Å². The average molecular weight is 865 g/mol. The Kier molecular flexibility index (Phi) is 14.1. The molecule has 8 heteroatoms. The maximum absolute atomic E-state index is 14.4. The molecular weight excluding hydrogens is 801 g/mol. The van der Waals surface area contributed by atoms with Crippen LogP contribution in [0.15, 0.2) is 170 Å². The molecule has 0 N–H and O–H groups in total. The Labute approximate surface area is 363 Å². The van der Waals surface area contributed by atoms with Crippen molar-refractivity contribution in [3.05, 3.63) is 192 Å². The van der Waals surface area contributed by atoms with Gasteiger partial charge < -0.3 is 8.85 Å². The number of Topliss-reactive ketones (excluding diaryl/α,β-unsaturated/α-hetero) is 2. The Morgan fingerprint density at radius 3 is 0.850 bits per heavy atom. The van der Waals surface area contributed by atoms with Crippen LogP contribution in [0.1, 0.15) is 67.0 Å². The number of hydrogen-bond acceptors (Lipinski definition) is 4. The van der Waals surface area contributed by atoms with Gasteiger partial charge in [0.1, 0.15) is 11.2 Å². The summed E-state index contributed by atoms with van der Waals surface area (Å²) < 4.78 is 14.7. The van der Waals surface area contributed by atoms with E-state index < -0.39 is 42.1 Å². The van der Waals surface area contributed by atoms with Gasteiger partial charge in [-0.2, -0.15) is 0 Å². The zero-order valence-corrected chi connectivity index (χ0v) is 40.5. The molecule has 0 aliphatic heterocycles. The third kappa shape index (κ3) is 9.34. The van der Waals surface area contributed by atoms with Gasteiger partial charge in [0.15, 0.2) is 11.6 Å². The lowest BCUT2D eigenvalue weighted by Crippen LogP contribution is -2.77. The van der Waals surface area contributed by atoms with Crippen molar-refractivity contribution in [3.8, 4) is 0 Å². The highest BCUT2D eigenvalue weighted by atomic mass is 29.3. The molecule has 0 spiro atoms. The summed E-state index contributed by atoms with van der Waals surface area (Å²) in [6.45, 7) is 21.9. The van der Waals surface area contributed by atoms with Crippen LogP contribution in [0.5, 0.6) is 0 Å². The van der Waals surface area contributed by atoms with Crippen molar-refractivity contribution in [2.24, 2.45) is 0 Å². The third-order valence-electron chi connectivity index (χ3n) is 11.6. The predicted octanol–water partition coefficient (Wildman–Crippen LogP) is 10.2. The molecule has 0 heterocycles. The second kappa shape index (κ2) is 18.2.